The molecule has 4 rings (SSSR count). The first-order valence-corrected chi connectivity index (χ1v) is 13.1. The summed E-state index contributed by atoms with van der Waals surface area (Å²) in [6.45, 7) is 3.77. The highest BCUT2D eigenvalue weighted by Gasteiger charge is 2.23. The largest absolute Gasteiger partial charge is 0.345 e. The average Bonchev–Trinajstić information content (AvgIpc) is 3.36. The van der Waals surface area contributed by atoms with Gasteiger partial charge in [0.05, 0.1) is 6.54 Å². The third-order valence-electron chi connectivity index (χ3n) is 6.31. The minimum atomic E-state index is -0.272. The second-order valence-electron chi connectivity index (χ2n) is 9.22. The van der Waals surface area contributed by atoms with Crippen LogP contribution in [0.1, 0.15) is 40.5 Å². The zero-order valence-electron chi connectivity index (χ0n) is 21.4. The minimum Gasteiger partial charge on any atom is -0.345 e. The van der Waals surface area contributed by atoms with Crippen molar-refractivity contribution in [1.82, 2.24) is 14.4 Å². The average molecular weight is 532 g/mol. The van der Waals surface area contributed by atoms with Crippen molar-refractivity contribution in [3.63, 3.8) is 0 Å². The standard InChI is InChI=1S/C31H31ClFN3O2/c1-2-18-35(31(38)26-12-14-27(32)15-13-26)23-30(37)36(21-24-7-4-3-5-8-24)22-29-9-6-19-34(29)20-25-10-16-28(33)17-11-25/h3-17,19H,2,18,20-23H2,1H3. The monoisotopic (exact) mass is 531 g/mol. The van der Waals surface area contributed by atoms with E-state index in [1.54, 1.807) is 46.2 Å². The van der Waals surface area contributed by atoms with Crippen molar-refractivity contribution in [2.75, 3.05) is 13.1 Å². The molecule has 0 atom stereocenters. The molecular weight excluding hydrogens is 501 g/mol. The van der Waals surface area contributed by atoms with Gasteiger partial charge >= 0.3 is 0 Å². The minimum absolute atomic E-state index is 0.0270. The van der Waals surface area contributed by atoms with Gasteiger partial charge in [0.2, 0.25) is 5.91 Å². The molecule has 1 aromatic heterocycles. The molecule has 0 aliphatic rings. The van der Waals surface area contributed by atoms with Crippen molar-refractivity contribution in [1.29, 1.82) is 0 Å². The van der Waals surface area contributed by atoms with Gasteiger partial charge in [0.25, 0.3) is 5.91 Å². The van der Waals surface area contributed by atoms with Crippen molar-refractivity contribution in [3.8, 4) is 0 Å². The second kappa shape index (κ2) is 13.1. The Kier molecular flexibility index (Phi) is 9.33. The molecule has 7 heteroatoms. The molecule has 0 unspecified atom stereocenters. The number of amides is 2. The predicted octanol–water partition coefficient (Wildman–Crippen LogP) is 6.41. The molecule has 0 radical (unpaired) electrons. The van der Waals surface area contributed by atoms with E-state index in [0.29, 0.717) is 36.8 Å². The molecule has 0 N–H and O–H groups in total. The summed E-state index contributed by atoms with van der Waals surface area (Å²) in [4.78, 5) is 30.3. The molecule has 0 aliphatic heterocycles. The summed E-state index contributed by atoms with van der Waals surface area (Å²) in [5.74, 6) is -0.610. The van der Waals surface area contributed by atoms with E-state index in [-0.39, 0.29) is 24.2 Å². The summed E-state index contributed by atoms with van der Waals surface area (Å²) in [5.41, 5.74) is 3.42. The van der Waals surface area contributed by atoms with Crippen molar-refractivity contribution >= 4 is 23.4 Å². The first-order chi connectivity index (χ1) is 18.4. The first-order valence-electron chi connectivity index (χ1n) is 12.7. The maximum absolute atomic E-state index is 13.7. The van der Waals surface area contributed by atoms with Crippen LogP contribution in [0.5, 0.6) is 0 Å². The number of rotatable bonds is 11. The zero-order chi connectivity index (χ0) is 26.9. The molecule has 0 aliphatic carbocycles. The van der Waals surface area contributed by atoms with E-state index >= 15 is 0 Å². The maximum atomic E-state index is 13.7. The van der Waals surface area contributed by atoms with Gasteiger partial charge in [0.15, 0.2) is 0 Å². The summed E-state index contributed by atoms with van der Waals surface area (Å²) >= 11 is 5.99. The van der Waals surface area contributed by atoms with Crippen molar-refractivity contribution < 1.29 is 14.0 Å². The molecule has 4 aromatic rings. The van der Waals surface area contributed by atoms with Crippen LogP contribution in [-0.4, -0.2) is 39.3 Å². The van der Waals surface area contributed by atoms with Gasteiger partial charge in [-0.2, -0.15) is 0 Å². The van der Waals surface area contributed by atoms with Gasteiger partial charge in [-0.1, -0.05) is 61.0 Å². The lowest BCUT2D eigenvalue weighted by Crippen LogP contribution is -2.43. The van der Waals surface area contributed by atoms with E-state index in [1.165, 1.54) is 12.1 Å². The Morgan fingerprint density at radius 1 is 0.816 bits per heavy atom. The fraction of sp³-hybridized carbons (Fsp3) is 0.226. The molecule has 38 heavy (non-hydrogen) atoms. The Labute approximate surface area is 228 Å². The smallest absolute Gasteiger partial charge is 0.254 e. The van der Waals surface area contributed by atoms with Crippen LogP contribution in [0.25, 0.3) is 0 Å². The Morgan fingerprint density at radius 3 is 2.21 bits per heavy atom. The Morgan fingerprint density at radius 2 is 1.53 bits per heavy atom. The van der Waals surface area contributed by atoms with E-state index in [4.69, 9.17) is 11.6 Å². The molecule has 0 spiro atoms. The van der Waals surface area contributed by atoms with E-state index < -0.39 is 0 Å². The summed E-state index contributed by atoms with van der Waals surface area (Å²) in [7, 11) is 0. The zero-order valence-corrected chi connectivity index (χ0v) is 22.2. The number of aromatic nitrogens is 1. The fourth-order valence-electron chi connectivity index (χ4n) is 4.33. The number of nitrogens with zero attached hydrogens (tertiary/aromatic N) is 3. The van der Waals surface area contributed by atoms with Crippen molar-refractivity contribution in [3.05, 3.63) is 130 Å². The van der Waals surface area contributed by atoms with Crippen LogP contribution in [0.2, 0.25) is 5.02 Å². The van der Waals surface area contributed by atoms with E-state index in [9.17, 15) is 14.0 Å². The highest BCUT2D eigenvalue weighted by molar-refractivity contribution is 6.30. The third kappa shape index (κ3) is 7.33. The molecule has 196 valence electrons. The lowest BCUT2D eigenvalue weighted by atomic mass is 10.1. The van der Waals surface area contributed by atoms with Gasteiger partial charge in [-0.15, -0.1) is 0 Å². The summed E-state index contributed by atoms with van der Waals surface area (Å²) in [6.07, 6.45) is 2.68. The molecule has 5 nitrogen and oxygen atoms in total. The third-order valence-corrected chi connectivity index (χ3v) is 6.56. The lowest BCUT2D eigenvalue weighted by molar-refractivity contribution is -0.133. The molecule has 0 bridgehead atoms. The molecular formula is C31H31ClFN3O2. The number of halogens is 2. The van der Waals surface area contributed by atoms with E-state index in [0.717, 1.165) is 23.2 Å². The van der Waals surface area contributed by atoms with Gasteiger partial charge in [-0.3, -0.25) is 9.59 Å². The quantitative estimate of drug-likeness (QED) is 0.224. The Bertz CT molecular complexity index is 1340. The topological polar surface area (TPSA) is 45.6 Å². The molecule has 0 fully saturated rings. The van der Waals surface area contributed by atoms with Gasteiger partial charge < -0.3 is 14.4 Å². The lowest BCUT2D eigenvalue weighted by Gasteiger charge is -2.28. The number of hydrogen-bond acceptors (Lipinski definition) is 2. The van der Waals surface area contributed by atoms with Crippen LogP contribution in [0.15, 0.2) is 97.2 Å². The van der Waals surface area contributed by atoms with E-state index in [2.05, 4.69) is 4.57 Å². The Balaban J connectivity index is 1.55. The predicted molar refractivity (Wildman–Crippen MR) is 148 cm³/mol. The van der Waals surface area contributed by atoms with Crippen LogP contribution in [0, 0.1) is 5.82 Å². The summed E-state index contributed by atoms with van der Waals surface area (Å²) < 4.78 is 15.4. The highest BCUT2D eigenvalue weighted by atomic mass is 35.5. The second-order valence-corrected chi connectivity index (χ2v) is 9.66. The van der Waals surface area contributed by atoms with Crippen LogP contribution in [-0.2, 0) is 24.4 Å². The van der Waals surface area contributed by atoms with Crippen LogP contribution < -0.4 is 0 Å². The van der Waals surface area contributed by atoms with E-state index in [1.807, 2.05) is 55.6 Å². The summed E-state index contributed by atoms with van der Waals surface area (Å²) in [5, 5.41) is 0.553. The molecule has 1 heterocycles. The molecule has 0 saturated carbocycles. The maximum Gasteiger partial charge on any atom is 0.254 e. The molecule has 2 amide bonds. The van der Waals surface area contributed by atoms with Gasteiger partial charge in [0, 0.05) is 42.1 Å². The molecule has 3 aromatic carbocycles. The number of carbonyl (C=O) groups is 2. The summed E-state index contributed by atoms with van der Waals surface area (Å²) in [6, 6.07) is 26.9. The fourth-order valence-corrected chi connectivity index (χ4v) is 4.45. The van der Waals surface area contributed by atoms with Crippen molar-refractivity contribution in [2.24, 2.45) is 0 Å². The van der Waals surface area contributed by atoms with Gasteiger partial charge in [0.1, 0.15) is 12.4 Å². The van der Waals surface area contributed by atoms with Crippen LogP contribution in [0.4, 0.5) is 4.39 Å². The first kappa shape index (κ1) is 27.1. The van der Waals surface area contributed by atoms with Crippen molar-refractivity contribution in [2.45, 2.75) is 33.0 Å². The normalized spacial score (nSPS) is 10.8. The number of benzene rings is 3. The van der Waals surface area contributed by atoms with Gasteiger partial charge in [-0.05, 0) is 66.1 Å². The number of hydrogen-bond donors (Lipinski definition) is 0. The van der Waals surface area contributed by atoms with Gasteiger partial charge in [-0.25, -0.2) is 4.39 Å². The van der Waals surface area contributed by atoms with Crippen LogP contribution >= 0.6 is 11.6 Å². The Hall–Kier alpha value is -3.90. The molecule has 0 saturated heterocycles. The van der Waals surface area contributed by atoms with Crippen LogP contribution in [0.3, 0.4) is 0 Å². The highest BCUT2D eigenvalue weighted by Crippen LogP contribution is 2.16. The SMILES string of the molecule is CCCN(CC(=O)N(Cc1ccccc1)Cc1cccn1Cc1ccc(F)cc1)C(=O)c1ccc(Cl)cc1. The number of carbonyl (C=O) groups excluding carboxylic acids is 2.